The molecule has 1 atom stereocenters. The first-order valence-electron chi connectivity index (χ1n) is 5.69. The van der Waals surface area contributed by atoms with Crippen LogP contribution >= 0.6 is 0 Å². The van der Waals surface area contributed by atoms with E-state index in [0.29, 0.717) is 6.10 Å². The van der Waals surface area contributed by atoms with Crippen LogP contribution in [0.2, 0.25) is 0 Å². The summed E-state index contributed by atoms with van der Waals surface area (Å²) in [7, 11) is 2.13. The highest BCUT2D eigenvalue weighted by molar-refractivity contribution is 4.71. The highest BCUT2D eigenvalue weighted by atomic mass is 16.5. The summed E-state index contributed by atoms with van der Waals surface area (Å²) in [6, 6.07) is 0. The smallest absolute Gasteiger partial charge is 0.0826 e. The van der Waals surface area contributed by atoms with E-state index in [0.717, 1.165) is 39.3 Å². The van der Waals surface area contributed by atoms with Crippen LogP contribution in [0.15, 0.2) is 12.4 Å². The van der Waals surface area contributed by atoms with E-state index in [2.05, 4.69) is 27.6 Å². The summed E-state index contributed by atoms with van der Waals surface area (Å²) >= 11 is 0. The molecular weight excluding hydrogens is 206 g/mol. The summed E-state index contributed by atoms with van der Waals surface area (Å²) in [5.74, 6) is 0. The average molecular weight is 225 g/mol. The van der Waals surface area contributed by atoms with Gasteiger partial charge in [-0.3, -0.25) is 4.68 Å². The summed E-state index contributed by atoms with van der Waals surface area (Å²) < 4.78 is 7.47. The molecule has 1 aromatic heterocycles. The van der Waals surface area contributed by atoms with Crippen LogP contribution in [0.4, 0.5) is 0 Å². The zero-order valence-corrected chi connectivity index (χ0v) is 9.67. The van der Waals surface area contributed by atoms with Crippen molar-refractivity contribution in [3.8, 4) is 0 Å². The minimum Gasteiger partial charge on any atom is -0.374 e. The number of morpholine rings is 1. The summed E-state index contributed by atoms with van der Waals surface area (Å²) in [5.41, 5.74) is 0. The predicted octanol–water partition coefficient (Wildman–Crippen LogP) is -0.802. The molecule has 0 radical (unpaired) electrons. The largest absolute Gasteiger partial charge is 0.374 e. The van der Waals surface area contributed by atoms with Crippen LogP contribution in [-0.4, -0.2) is 65.8 Å². The molecule has 6 heteroatoms. The molecular formula is C10H19N5O. The van der Waals surface area contributed by atoms with Gasteiger partial charge in [-0.05, 0) is 7.05 Å². The number of rotatable bonds is 5. The first-order chi connectivity index (χ1) is 7.84. The molecule has 0 aromatic carbocycles. The third kappa shape index (κ3) is 3.55. The van der Waals surface area contributed by atoms with Crippen molar-refractivity contribution in [2.45, 2.75) is 12.6 Å². The van der Waals surface area contributed by atoms with Crippen LogP contribution in [0.5, 0.6) is 0 Å². The number of nitrogens with zero attached hydrogens (tertiary/aromatic N) is 4. The van der Waals surface area contributed by atoms with Crippen molar-refractivity contribution in [1.82, 2.24) is 25.2 Å². The van der Waals surface area contributed by atoms with Crippen molar-refractivity contribution in [3.63, 3.8) is 0 Å². The van der Waals surface area contributed by atoms with Gasteiger partial charge in [0, 0.05) is 32.4 Å². The molecule has 2 heterocycles. The van der Waals surface area contributed by atoms with E-state index in [1.54, 1.807) is 6.20 Å². The number of aromatic nitrogens is 3. The lowest BCUT2D eigenvalue weighted by atomic mass is 10.3. The maximum atomic E-state index is 5.65. The number of nitrogens with one attached hydrogen (secondary N) is 1. The molecule has 1 aromatic rings. The van der Waals surface area contributed by atoms with Gasteiger partial charge in [0.05, 0.1) is 25.5 Å². The number of hydrogen-bond acceptors (Lipinski definition) is 5. The molecule has 0 saturated carbocycles. The van der Waals surface area contributed by atoms with Crippen molar-refractivity contribution in [3.05, 3.63) is 12.4 Å². The highest BCUT2D eigenvalue weighted by Gasteiger charge is 2.16. The van der Waals surface area contributed by atoms with Gasteiger partial charge in [-0.1, -0.05) is 5.21 Å². The number of hydrogen-bond donors (Lipinski definition) is 1. The fourth-order valence-corrected chi connectivity index (χ4v) is 1.80. The highest BCUT2D eigenvalue weighted by Crippen LogP contribution is 2.01. The number of likely N-dealkylation sites (N-methyl/N-ethyl adjacent to an activating group) is 1. The quantitative estimate of drug-likeness (QED) is 0.665. The minimum absolute atomic E-state index is 0.314. The molecule has 0 spiro atoms. The Morgan fingerprint density at radius 1 is 1.56 bits per heavy atom. The van der Waals surface area contributed by atoms with Crippen LogP contribution < -0.4 is 5.32 Å². The third-order valence-electron chi connectivity index (χ3n) is 2.70. The van der Waals surface area contributed by atoms with Crippen LogP contribution in [0.25, 0.3) is 0 Å². The van der Waals surface area contributed by atoms with Gasteiger partial charge in [0.25, 0.3) is 0 Å². The van der Waals surface area contributed by atoms with E-state index >= 15 is 0 Å². The van der Waals surface area contributed by atoms with Crippen molar-refractivity contribution in [2.24, 2.45) is 0 Å². The molecule has 0 amide bonds. The fourth-order valence-electron chi connectivity index (χ4n) is 1.80. The van der Waals surface area contributed by atoms with Crippen LogP contribution in [-0.2, 0) is 11.3 Å². The molecule has 2 rings (SSSR count). The second kappa shape index (κ2) is 5.93. The second-order valence-corrected chi connectivity index (χ2v) is 4.13. The Balaban J connectivity index is 1.57. The van der Waals surface area contributed by atoms with Gasteiger partial charge in [-0.15, -0.1) is 5.10 Å². The number of ether oxygens (including phenoxy) is 1. The van der Waals surface area contributed by atoms with Crippen molar-refractivity contribution < 1.29 is 4.74 Å². The predicted molar refractivity (Wildman–Crippen MR) is 60.1 cm³/mol. The molecule has 1 fully saturated rings. The van der Waals surface area contributed by atoms with Gasteiger partial charge < -0.3 is 15.0 Å². The molecule has 1 aliphatic rings. The monoisotopic (exact) mass is 225 g/mol. The first-order valence-corrected chi connectivity index (χ1v) is 5.69. The van der Waals surface area contributed by atoms with Gasteiger partial charge in [-0.25, -0.2) is 0 Å². The molecule has 0 aliphatic carbocycles. The maximum Gasteiger partial charge on any atom is 0.0826 e. The average Bonchev–Trinajstić information content (AvgIpc) is 2.77. The van der Waals surface area contributed by atoms with Crippen LogP contribution in [0, 0.1) is 0 Å². The second-order valence-electron chi connectivity index (χ2n) is 4.13. The Kier molecular flexibility index (Phi) is 4.26. The molecule has 1 saturated heterocycles. The molecule has 16 heavy (non-hydrogen) atoms. The van der Waals surface area contributed by atoms with Gasteiger partial charge in [0.1, 0.15) is 0 Å². The Hall–Kier alpha value is -0.980. The fraction of sp³-hybridized carbons (Fsp3) is 0.800. The summed E-state index contributed by atoms with van der Waals surface area (Å²) in [6.07, 6.45) is 3.88. The van der Waals surface area contributed by atoms with Crippen molar-refractivity contribution in [2.75, 3.05) is 39.8 Å². The normalized spacial score (nSPS) is 22.4. The molecule has 90 valence electrons. The lowest BCUT2D eigenvalue weighted by molar-refractivity contribution is -0.0180. The van der Waals surface area contributed by atoms with Crippen molar-refractivity contribution in [1.29, 1.82) is 0 Å². The van der Waals surface area contributed by atoms with E-state index in [-0.39, 0.29) is 0 Å². The van der Waals surface area contributed by atoms with Crippen molar-refractivity contribution >= 4 is 0 Å². The lowest BCUT2D eigenvalue weighted by Gasteiger charge is -2.30. The molecule has 1 N–H and O–H groups in total. The zero-order valence-electron chi connectivity index (χ0n) is 9.67. The minimum atomic E-state index is 0.314. The van der Waals surface area contributed by atoms with Crippen LogP contribution in [0.3, 0.4) is 0 Å². The van der Waals surface area contributed by atoms with Gasteiger partial charge in [-0.2, -0.15) is 0 Å². The van der Waals surface area contributed by atoms with Gasteiger partial charge in [0.15, 0.2) is 0 Å². The Labute approximate surface area is 95.6 Å². The van der Waals surface area contributed by atoms with E-state index in [1.165, 1.54) is 0 Å². The molecule has 1 aliphatic heterocycles. The van der Waals surface area contributed by atoms with E-state index in [4.69, 9.17) is 4.74 Å². The first kappa shape index (κ1) is 11.5. The maximum absolute atomic E-state index is 5.65. The third-order valence-corrected chi connectivity index (χ3v) is 2.70. The molecule has 1 unspecified atom stereocenters. The Morgan fingerprint density at radius 3 is 3.25 bits per heavy atom. The van der Waals surface area contributed by atoms with Gasteiger partial charge >= 0.3 is 0 Å². The van der Waals surface area contributed by atoms with Gasteiger partial charge in [0.2, 0.25) is 0 Å². The lowest BCUT2D eigenvalue weighted by Crippen LogP contribution is -2.45. The van der Waals surface area contributed by atoms with Crippen LogP contribution in [0.1, 0.15) is 0 Å². The Morgan fingerprint density at radius 2 is 2.50 bits per heavy atom. The summed E-state index contributed by atoms with van der Waals surface area (Å²) in [5, 5.41) is 11.0. The molecule has 6 nitrogen and oxygen atoms in total. The Bertz CT molecular complexity index is 289. The molecule has 0 bridgehead atoms. The van der Waals surface area contributed by atoms with E-state index in [1.807, 2.05) is 10.9 Å². The standard InChI is InChI=1S/C10H19N5O/c1-14-6-7-16-10(9-14)8-11-2-4-15-5-3-12-13-15/h3,5,10-11H,2,4,6-9H2,1H3. The van der Waals surface area contributed by atoms with E-state index in [9.17, 15) is 0 Å². The summed E-state index contributed by atoms with van der Waals surface area (Å²) in [4.78, 5) is 2.30. The van der Waals surface area contributed by atoms with E-state index < -0.39 is 0 Å². The summed E-state index contributed by atoms with van der Waals surface area (Å²) in [6.45, 7) is 5.53. The topological polar surface area (TPSA) is 55.2 Å². The SMILES string of the molecule is CN1CCOC(CNCCn2ccnn2)C1. The zero-order chi connectivity index (χ0) is 11.2.